The van der Waals surface area contributed by atoms with Crippen molar-refractivity contribution in [3.05, 3.63) is 41.7 Å². The summed E-state index contributed by atoms with van der Waals surface area (Å²) in [7, 11) is 0. The van der Waals surface area contributed by atoms with Gasteiger partial charge in [0.15, 0.2) is 11.5 Å². The summed E-state index contributed by atoms with van der Waals surface area (Å²) in [5.41, 5.74) is 7.74. The third-order valence-corrected chi connectivity index (χ3v) is 4.51. The molecule has 2 heterocycles. The fraction of sp³-hybridized carbons (Fsp3) is 0.421. The molecule has 0 saturated carbocycles. The zero-order chi connectivity index (χ0) is 17.8. The molecule has 0 unspecified atom stereocenters. The first-order chi connectivity index (χ1) is 12.0. The number of carbonyl (C=O) groups excluding carboxylic acids is 1. The topological polar surface area (TPSA) is 84.1 Å². The highest BCUT2D eigenvalue weighted by Crippen LogP contribution is 2.24. The number of hydrogen-bond acceptors (Lipinski definition) is 5. The van der Waals surface area contributed by atoms with E-state index >= 15 is 0 Å². The number of nitrogens with two attached hydrogens (primary N) is 1. The molecule has 0 radical (unpaired) electrons. The molecule has 1 aliphatic heterocycles. The number of amides is 1. The molecule has 0 aliphatic carbocycles. The van der Waals surface area contributed by atoms with Crippen LogP contribution in [0, 0.1) is 0 Å². The summed E-state index contributed by atoms with van der Waals surface area (Å²) < 4.78 is 0. The summed E-state index contributed by atoms with van der Waals surface area (Å²) in [6.45, 7) is 6.24. The minimum atomic E-state index is -0.584. The lowest BCUT2D eigenvalue weighted by molar-refractivity contribution is 0.0996. The third-order valence-electron chi connectivity index (χ3n) is 4.51. The molecular formula is C19H25N5O. The second kappa shape index (κ2) is 7.51. The predicted molar refractivity (Wildman–Crippen MR) is 100 cm³/mol. The molecule has 0 bridgehead atoms. The Bertz CT molecular complexity index is 736. The number of anilines is 3. The lowest BCUT2D eigenvalue weighted by Crippen LogP contribution is -2.31. The number of nitrogens with zero attached hydrogens (tertiary/aromatic N) is 3. The van der Waals surface area contributed by atoms with Gasteiger partial charge in [-0.15, -0.1) is 0 Å². The summed E-state index contributed by atoms with van der Waals surface area (Å²) in [6.07, 6.45) is 5.19. The van der Waals surface area contributed by atoms with E-state index in [1.54, 1.807) is 6.20 Å². The van der Waals surface area contributed by atoms with Crippen LogP contribution in [-0.4, -0.2) is 29.0 Å². The molecule has 3 N–H and O–H groups in total. The number of piperidine rings is 1. The van der Waals surface area contributed by atoms with E-state index in [0.29, 0.717) is 11.7 Å². The Morgan fingerprint density at radius 1 is 1.16 bits per heavy atom. The molecule has 3 rings (SSSR count). The maximum Gasteiger partial charge on any atom is 0.271 e. The van der Waals surface area contributed by atoms with Crippen LogP contribution in [0.2, 0.25) is 0 Å². The molecule has 6 nitrogen and oxygen atoms in total. The number of benzene rings is 1. The van der Waals surface area contributed by atoms with Gasteiger partial charge >= 0.3 is 0 Å². The van der Waals surface area contributed by atoms with Crippen LogP contribution < -0.4 is 16.0 Å². The van der Waals surface area contributed by atoms with E-state index in [2.05, 4.69) is 46.2 Å². The van der Waals surface area contributed by atoms with Gasteiger partial charge in [0.1, 0.15) is 5.82 Å². The minimum Gasteiger partial charge on any atom is -0.364 e. The number of hydrogen-bond donors (Lipinski definition) is 2. The average Bonchev–Trinajstić information content (AvgIpc) is 2.62. The van der Waals surface area contributed by atoms with Crippen LogP contribution in [0.1, 0.15) is 55.1 Å². The SMILES string of the molecule is CC(C)c1ccc(Nc2nc(N3CCCCC3)cnc2C(N)=O)cc1. The molecule has 25 heavy (non-hydrogen) atoms. The van der Waals surface area contributed by atoms with Gasteiger partial charge in [-0.1, -0.05) is 26.0 Å². The molecule has 0 spiro atoms. The Morgan fingerprint density at radius 2 is 1.84 bits per heavy atom. The van der Waals surface area contributed by atoms with Gasteiger partial charge in [-0.25, -0.2) is 9.97 Å². The van der Waals surface area contributed by atoms with Gasteiger partial charge in [0.25, 0.3) is 5.91 Å². The van der Waals surface area contributed by atoms with Crippen molar-refractivity contribution in [3.63, 3.8) is 0 Å². The highest BCUT2D eigenvalue weighted by Gasteiger charge is 2.18. The van der Waals surface area contributed by atoms with Gasteiger partial charge in [-0.2, -0.15) is 0 Å². The van der Waals surface area contributed by atoms with Crippen LogP contribution in [0.25, 0.3) is 0 Å². The number of primary amides is 1. The van der Waals surface area contributed by atoms with Crippen molar-refractivity contribution in [1.29, 1.82) is 0 Å². The van der Waals surface area contributed by atoms with Gasteiger partial charge in [0.05, 0.1) is 6.20 Å². The number of carbonyl (C=O) groups is 1. The van der Waals surface area contributed by atoms with Gasteiger partial charge in [-0.3, -0.25) is 4.79 Å². The van der Waals surface area contributed by atoms with E-state index in [4.69, 9.17) is 5.73 Å². The monoisotopic (exact) mass is 339 g/mol. The molecule has 132 valence electrons. The predicted octanol–water partition coefficient (Wildman–Crippen LogP) is 3.43. The quantitative estimate of drug-likeness (QED) is 0.872. The first-order valence-electron chi connectivity index (χ1n) is 8.83. The molecule has 2 aromatic rings. The maximum absolute atomic E-state index is 11.7. The molecule has 1 fully saturated rings. The second-order valence-electron chi connectivity index (χ2n) is 6.74. The molecule has 6 heteroatoms. The van der Waals surface area contributed by atoms with E-state index < -0.39 is 5.91 Å². The van der Waals surface area contributed by atoms with Crippen LogP contribution in [0.15, 0.2) is 30.5 Å². The number of rotatable bonds is 5. The average molecular weight is 339 g/mol. The summed E-state index contributed by atoms with van der Waals surface area (Å²) in [5, 5.41) is 3.20. The Labute approximate surface area is 148 Å². The first-order valence-corrected chi connectivity index (χ1v) is 8.83. The highest BCUT2D eigenvalue weighted by molar-refractivity contribution is 5.96. The normalized spacial score (nSPS) is 14.6. The van der Waals surface area contributed by atoms with E-state index in [1.807, 2.05) is 12.1 Å². The van der Waals surface area contributed by atoms with Gasteiger partial charge in [0.2, 0.25) is 0 Å². The van der Waals surface area contributed by atoms with Crippen LogP contribution >= 0.6 is 0 Å². The maximum atomic E-state index is 11.7. The lowest BCUT2D eigenvalue weighted by Gasteiger charge is -2.27. The van der Waals surface area contributed by atoms with Crippen LogP contribution in [-0.2, 0) is 0 Å². The van der Waals surface area contributed by atoms with Crippen molar-refractivity contribution in [1.82, 2.24) is 9.97 Å². The molecule has 1 aromatic heterocycles. The van der Waals surface area contributed by atoms with Crippen LogP contribution in [0.3, 0.4) is 0 Å². The summed E-state index contributed by atoms with van der Waals surface area (Å²) in [4.78, 5) is 22.8. The molecule has 1 saturated heterocycles. The van der Waals surface area contributed by atoms with Gasteiger partial charge < -0.3 is 16.0 Å². The van der Waals surface area contributed by atoms with Gasteiger partial charge in [-0.05, 0) is 42.9 Å². The molecule has 1 amide bonds. The van der Waals surface area contributed by atoms with Crippen molar-refractivity contribution < 1.29 is 4.79 Å². The summed E-state index contributed by atoms with van der Waals surface area (Å²) >= 11 is 0. The Hall–Kier alpha value is -2.63. The van der Waals surface area contributed by atoms with Crippen molar-refractivity contribution in [3.8, 4) is 0 Å². The van der Waals surface area contributed by atoms with Crippen molar-refractivity contribution in [2.45, 2.75) is 39.0 Å². The van der Waals surface area contributed by atoms with E-state index in [1.165, 1.54) is 12.0 Å². The van der Waals surface area contributed by atoms with E-state index in [-0.39, 0.29) is 5.69 Å². The van der Waals surface area contributed by atoms with E-state index in [9.17, 15) is 4.79 Å². The zero-order valence-electron chi connectivity index (χ0n) is 14.8. The Kier molecular flexibility index (Phi) is 5.16. The zero-order valence-corrected chi connectivity index (χ0v) is 14.8. The Balaban J connectivity index is 1.87. The fourth-order valence-electron chi connectivity index (χ4n) is 3.01. The largest absolute Gasteiger partial charge is 0.364 e. The smallest absolute Gasteiger partial charge is 0.271 e. The first kappa shape index (κ1) is 17.2. The van der Waals surface area contributed by atoms with Crippen LogP contribution in [0.5, 0.6) is 0 Å². The Morgan fingerprint density at radius 3 is 2.44 bits per heavy atom. The highest BCUT2D eigenvalue weighted by atomic mass is 16.1. The van der Waals surface area contributed by atoms with Crippen molar-refractivity contribution >= 4 is 23.2 Å². The van der Waals surface area contributed by atoms with Crippen LogP contribution in [0.4, 0.5) is 17.3 Å². The van der Waals surface area contributed by atoms with Crippen molar-refractivity contribution in [2.75, 3.05) is 23.3 Å². The van der Waals surface area contributed by atoms with Crippen molar-refractivity contribution in [2.24, 2.45) is 5.73 Å². The fourth-order valence-corrected chi connectivity index (χ4v) is 3.01. The lowest BCUT2D eigenvalue weighted by atomic mass is 10.0. The summed E-state index contributed by atoms with van der Waals surface area (Å²) in [6, 6.07) is 8.10. The summed E-state index contributed by atoms with van der Waals surface area (Å²) in [5.74, 6) is 1.08. The number of nitrogens with one attached hydrogen (secondary N) is 1. The number of aromatic nitrogens is 2. The van der Waals surface area contributed by atoms with E-state index in [0.717, 1.165) is 37.4 Å². The molecule has 1 aliphatic rings. The molecular weight excluding hydrogens is 314 g/mol. The third kappa shape index (κ3) is 4.07. The van der Waals surface area contributed by atoms with Gasteiger partial charge in [0, 0.05) is 18.8 Å². The standard InChI is InChI=1S/C19H25N5O/c1-13(2)14-6-8-15(9-7-14)22-19-17(18(20)25)21-12-16(23-19)24-10-4-3-5-11-24/h6-9,12-13H,3-5,10-11H2,1-2H3,(H2,20,25)(H,22,23). The minimum absolute atomic E-state index is 0.161. The molecule has 1 aromatic carbocycles. The molecule has 0 atom stereocenters. The second-order valence-corrected chi connectivity index (χ2v) is 6.74.